The minimum Gasteiger partial charge on any atom is -0.356 e. The molecular formula is C20H38N6. The molecule has 1 aromatic rings. The predicted octanol–water partition coefficient (Wildman–Crippen LogP) is 2.47. The van der Waals surface area contributed by atoms with Crippen LogP contribution in [0.3, 0.4) is 0 Å². The second kappa shape index (κ2) is 10.6. The molecule has 0 bridgehead atoms. The van der Waals surface area contributed by atoms with Gasteiger partial charge in [-0.3, -0.25) is 9.67 Å². The Hall–Kier alpha value is -1.56. The Labute approximate surface area is 159 Å². The maximum absolute atomic E-state index is 4.65. The van der Waals surface area contributed by atoms with Crippen molar-refractivity contribution in [1.82, 2.24) is 25.3 Å². The van der Waals surface area contributed by atoms with Crippen molar-refractivity contribution in [2.45, 2.75) is 71.9 Å². The summed E-state index contributed by atoms with van der Waals surface area (Å²) in [5, 5.41) is 11.6. The average Bonchev–Trinajstić information content (AvgIpc) is 2.97. The first kappa shape index (κ1) is 20.7. The summed E-state index contributed by atoms with van der Waals surface area (Å²) in [4.78, 5) is 7.00. The minimum atomic E-state index is 0.742. The average molecular weight is 363 g/mol. The van der Waals surface area contributed by atoms with Crippen LogP contribution >= 0.6 is 0 Å². The number of aliphatic imine (C=N–C) groups is 1. The van der Waals surface area contributed by atoms with Gasteiger partial charge in [0.15, 0.2) is 5.96 Å². The number of hydrogen-bond donors (Lipinski definition) is 2. The molecule has 1 unspecified atom stereocenters. The van der Waals surface area contributed by atoms with Crippen LogP contribution in [0.1, 0.15) is 63.4 Å². The molecule has 0 spiro atoms. The highest BCUT2D eigenvalue weighted by Gasteiger charge is 2.17. The third kappa shape index (κ3) is 5.47. The van der Waals surface area contributed by atoms with Gasteiger partial charge in [-0.2, -0.15) is 5.10 Å². The molecule has 1 aliphatic heterocycles. The quantitative estimate of drug-likeness (QED) is 0.424. The summed E-state index contributed by atoms with van der Waals surface area (Å²) < 4.78 is 2.02. The number of piperidine rings is 1. The van der Waals surface area contributed by atoms with Gasteiger partial charge >= 0.3 is 0 Å². The Morgan fingerprint density at radius 2 is 2.04 bits per heavy atom. The van der Waals surface area contributed by atoms with Crippen LogP contribution in [-0.2, 0) is 26.4 Å². The van der Waals surface area contributed by atoms with E-state index >= 15 is 0 Å². The van der Waals surface area contributed by atoms with Crippen molar-refractivity contribution in [3.05, 3.63) is 17.0 Å². The van der Waals surface area contributed by atoms with Crippen LogP contribution in [0.15, 0.2) is 4.99 Å². The van der Waals surface area contributed by atoms with Gasteiger partial charge in [0.25, 0.3) is 0 Å². The molecule has 6 heteroatoms. The molecule has 1 aromatic heterocycles. The fourth-order valence-electron chi connectivity index (χ4n) is 3.97. The van der Waals surface area contributed by atoms with Gasteiger partial charge in [0.05, 0.1) is 5.69 Å². The monoisotopic (exact) mass is 362 g/mol. The van der Waals surface area contributed by atoms with E-state index in [1.165, 1.54) is 49.3 Å². The number of aromatic nitrogens is 2. The Morgan fingerprint density at radius 1 is 1.23 bits per heavy atom. The van der Waals surface area contributed by atoms with E-state index in [1.54, 1.807) is 0 Å². The number of rotatable bonds is 8. The third-order valence-corrected chi connectivity index (χ3v) is 5.54. The Kier molecular flexibility index (Phi) is 8.42. The van der Waals surface area contributed by atoms with Gasteiger partial charge in [0, 0.05) is 51.0 Å². The summed E-state index contributed by atoms with van der Waals surface area (Å²) in [6.45, 7) is 10.9. The Morgan fingerprint density at radius 3 is 2.69 bits per heavy atom. The maximum atomic E-state index is 4.65. The van der Waals surface area contributed by atoms with Crippen LogP contribution in [0.4, 0.5) is 0 Å². The normalized spacial score (nSPS) is 19.0. The number of aryl methyl sites for hydroxylation is 2. The van der Waals surface area contributed by atoms with Crippen molar-refractivity contribution in [2.75, 3.05) is 26.7 Å². The summed E-state index contributed by atoms with van der Waals surface area (Å²) >= 11 is 0. The van der Waals surface area contributed by atoms with Crippen molar-refractivity contribution in [3.8, 4) is 0 Å². The van der Waals surface area contributed by atoms with E-state index in [2.05, 4.69) is 46.4 Å². The summed E-state index contributed by atoms with van der Waals surface area (Å²) in [6.07, 6.45) is 7.21. The Bertz CT molecular complexity index is 577. The first-order valence-corrected chi connectivity index (χ1v) is 10.3. The molecule has 0 aromatic carbocycles. The Balaban J connectivity index is 1.78. The van der Waals surface area contributed by atoms with Crippen molar-refractivity contribution in [2.24, 2.45) is 12.0 Å². The summed E-state index contributed by atoms with van der Waals surface area (Å²) in [6, 6.07) is 0.742. The lowest BCUT2D eigenvalue weighted by atomic mass is 10.0. The fourth-order valence-corrected chi connectivity index (χ4v) is 3.97. The van der Waals surface area contributed by atoms with Gasteiger partial charge in [-0.05, 0) is 45.6 Å². The van der Waals surface area contributed by atoms with Crippen LogP contribution in [0.25, 0.3) is 0 Å². The number of nitrogens with zero attached hydrogens (tertiary/aromatic N) is 4. The molecule has 0 saturated carbocycles. The molecule has 2 heterocycles. The van der Waals surface area contributed by atoms with Crippen molar-refractivity contribution in [1.29, 1.82) is 0 Å². The lowest BCUT2D eigenvalue weighted by molar-refractivity contribution is 0.159. The summed E-state index contributed by atoms with van der Waals surface area (Å²) in [5.74, 6) is 0.879. The molecule has 0 aliphatic carbocycles. The summed E-state index contributed by atoms with van der Waals surface area (Å²) in [5.41, 5.74) is 3.82. The largest absolute Gasteiger partial charge is 0.356 e. The van der Waals surface area contributed by atoms with E-state index in [4.69, 9.17) is 0 Å². The molecule has 2 N–H and O–H groups in total. The van der Waals surface area contributed by atoms with E-state index < -0.39 is 0 Å². The molecule has 6 nitrogen and oxygen atoms in total. The van der Waals surface area contributed by atoms with Crippen molar-refractivity contribution < 1.29 is 0 Å². The summed E-state index contributed by atoms with van der Waals surface area (Å²) in [7, 11) is 3.88. The van der Waals surface area contributed by atoms with Crippen LogP contribution in [0, 0.1) is 0 Å². The first-order valence-electron chi connectivity index (χ1n) is 10.3. The van der Waals surface area contributed by atoms with Crippen molar-refractivity contribution in [3.63, 3.8) is 0 Å². The SMILES string of the molecule is CCc1nn(C)c(CC)c1CNC(=NC)NCCCN1CCCCC1C. The van der Waals surface area contributed by atoms with Gasteiger partial charge in [-0.25, -0.2) is 0 Å². The number of guanidine groups is 1. The van der Waals surface area contributed by atoms with E-state index in [0.29, 0.717) is 0 Å². The molecule has 1 fully saturated rings. The highest BCUT2D eigenvalue weighted by Crippen LogP contribution is 2.16. The number of nitrogens with one attached hydrogen (secondary N) is 2. The van der Waals surface area contributed by atoms with Gasteiger partial charge in [0.1, 0.15) is 0 Å². The molecule has 1 saturated heterocycles. The molecule has 1 aliphatic rings. The highest BCUT2D eigenvalue weighted by molar-refractivity contribution is 5.79. The van der Waals surface area contributed by atoms with Gasteiger partial charge < -0.3 is 15.5 Å². The zero-order valence-corrected chi connectivity index (χ0v) is 17.4. The van der Waals surface area contributed by atoms with E-state index in [0.717, 1.165) is 44.4 Å². The second-order valence-corrected chi connectivity index (χ2v) is 7.29. The smallest absolute Gasteiger partial charge is 0.191 e. The molecule has 148 valence electrons. The number of hydrogen-bond acceptors (Lipinski definition) is 3. The van der Waals surface area contributed by atoms with Crippen LogP contribution in [-0.4, -0.2) is 53.4 Å². The maximum Gasteiger partial charge on any atom is 0.191 e. The molecule has 1 atom stereocenters. The van der Waals surface area contributed by atoms with Gasteiger partial charge in [0.2, 0.25) is 0 Å². The second-order valence-electron chi connectivity index (χ2n) is 7.29. The van der Waals surface area contributed by atoms with Crippen LogP contribution < -0.4 is 10.6 Å². The fraction of sp³-hybridized carbons (Fsp3) is 0.800. The molecule has 2 rings (SSSR count). The van der Waals surface area contributed by atoms with Crippen LogP contribution in [0.2, 0.25) is 0 Å². The zero-order chi connectivity index (χ0) is 18.9. The highest BCUT2D eigenvalue weighted by atomic mass is 15.3. The number of likely N-dealkylation sites (tertiary alicyclic amines) is 1. The lowest BCUT2D eigenvalue weighted by Crippen LogP contribution is -2.41. The molecular weight excluding hydrogens is 324 g/mol. The predicted molar refractivity (Wildman–Crippen MR) is 110 cm³/mol. The van der Waals surface area contributed by atoms with E-state index in [9.17, 15) is 0 Å². The first-order chi connectivity index (χ1) is 12.6. The van der Waals surface area contributed by atoms with Gasteiger partial charge in [-0.15, -0.1) is 0 Å². The van der Waals surface area contributed by atoms with Gasteiger partial charge in [-0.1, -0.05) is 20.3 Å². The lowest BCUT2D eigenvalue weighted by Gasteiger charge is -2.33. The molecule has 0 radical (unpaired) electrons. The van der Waals surface area contributed by atoms with E-state index in [1.807, 2.05) is 18.8 Å². The van der Waals surface area contributed by atoms with E-state index in [-0.39, 0.29) is 0 Å². The van der Waals surface area contributed by atoms with Crippen molar-refractivity contribution >= 4 is 5.96 Å². The zero-order valence-electron chi connectivity index (χ0n) is 17.4. The topological polar surface area (TPSA) is 57.5 Å². The van der Waals surface area contributed by atoms with Crippen LogP contribution in [0.5, 0.6) is 0 Å². The standard InChI is InChI=1S/C20H38N6/c1-6-18-17(19(7-2)25(5)24-18)15-23-20(21-4)22-12-10-14-26-13-9-8-11-16(26)3/h16H,6-15H2,1-5H3,(H2,21,22,23). The minimum absolute atomic E-state index is 0.742. The molecule has 26 heavy (non-hydrogen) atoms. The third-order valence-electron chi connectivity index (χ3n) is 5.54. The molecule has 0 amide bonds.